The average molecular weight is 317 g/mol. The highest BCUT2D eigenvalue weighted by Crippen LogP contribution is 2.17. The zero-order valence-corrected chi connectivity index (χ0v) is 14.1. The molecule has 2 aromatic rings. The van der Waals surface area contributed by atoms with Crippen molar-refractivity contribution in [2.24, 2.45) is 0 Å². The summed E-state index contributed by atoms with van der Waals surface area (Å²) in [5, 5.41) is 13.6. The number of benzene rings is 2. The van der Waals surface area contributed by atoms with Gasteiger partial charge in [0.2, 0.25) is 0 Å². The molecule has 2 rings (SSSR count). The largest absolute Gasteiger partial charge is 0.387 e. The molecule has 0 heterocycles. The smallest absolute Gasteiger partial charge is 0.0914 e. The Hall–Kier alpha value is -1.49. The first-order valence-corrected chi connectivity index (χ1v) is 8.94. The van der Waals surface area contributed by atoms with Gasteiger partial charge in [-0.2, -0.15) is 0 Å². The maximum absolute atomic E-state index is 11.4. The van der Waals surface area contributed by atoms with Crippen molar-refractivity contribution in [2.45, 2.75) is 30.9 Å². The number of nitrogens with one attached hydrogen (secondary N) is 1. The van der Waals surface area contributed by atoms with Crippen LogP contribution in [-0.2, 0) is 10.8 Å². The van der Waals surface area contributed by atoms with Gasteiger partial charge in [-0.3, -0.25) is 4.21 Å². The fourth-order valence-corrected chi connectivity index (χ4v) is 2.78. The molecule has 2 N–H and O–H groups in total. The maximum atomic E-state index is 11.4. The predicted molar refractivity (Wildman–Crippen MR) is 91.3 cm³/mol. The summed E-state index contributed by atoms with van der Waals surface area (Å²) in [6.07, 6.45) is 1.15. The number of aliphatic hydroxyl groups is 1. The molecule has 0 saturated heterocycles. The Morgan fingerprint density at radius 1 is 1.05 bits per heavy atom. The van der Waals surface area contributed by atoms with Crippen LogP contribution in [0.1, 0.15) is 35.8 Å². The molecule has 4 heteroatoms. The predicted octanol–water partition coefficient (Wildman–Crippen LogP) is 3.12. The molecule has 0 aliphatic carbocycles. The number of hydrogen-bond donors (Lipinski definition) is 2. The average Bonchev–Trinajstić information content (AvgIpc) is 2.53. The van der Waals surface area contributed by atoms with Crippen molar-refractivity contribution in [1.82, 2.24) is 5.32 Å². The van der Waals surface area contributed by atoms with Gasteiger partial charge in [0.15, 0.2) is 0 Å². The van der Waals surface area contributed by atoms with E-state index in [0.717, 1.165) is 16.0 Å². The van der Waals surface area contributed by atoms with Crippen LogP contribution in [0.25, 0.3) is 0 Å². The van der Waals surface area contributed by atoms with E-state index in [4.69, 9.17) is 0 Å². The first-order valence-electron chi connectivity index (χ1n) is 7.39. The van der Waals surface area contributed by atoms with Crippen LogP contribution in [0.4, 0.5) is 0 Å². The van der Waals surface area contributed by atoms with E-state index in [1.54, 1.807) is 6.26 Å². The SMILES string of the molecule is Cc1ccc(C(O)CNC(C)c2ccc(S(C)=O)cc2)cc1. The van der Waals surface area contributed by atoms with E-state index in [2.05, 4.69) is 12.2 Å². The van der Waals surface area contributed by atoms with Crippen molar-refractivity contribution < 1.29 is 9.32 Å². The summed E-state index contributed by atoms with van der Waals surface area (Å²) in [6.45, 7) is 4.58. The lowest BCUT2D eigenvalue weighted by molar-refractivity contribution is 0.171. The third-order valence-corrected chi connectivity index (χ3v) is 4.73. The topological polar surface area (TPSA) is 49.3 Å². The van der Waals surface area contributed by atoms with E-state index in [1.807, 2.05) is 55.5 Å². The zero-order chi connectivity index (χ0) is 16.1. The van der Waals surface area contributed by atoms with E-state index in [-0.39, 0.29) is 6.04 Å². The van der Waals surface area contributed by atoms with Crippen LogP contribution in [0.15, 0.2) is 53.4 Å². The number of aryl methyl sites for hydroxylation is 1. The minimum atomic E-state index is -0.949. The molecule has 3 atom stereocenters. The van der Waals surface area contributed by atoms with Crippen LogP contribution >= 0.6 is 0 Å². The fraction of sp³-hybridized carbons (Fsp3) is 0.333. The first-order chi connectivity index (χ1) is 10.5. The van der Waals surface area contributed by atoms with Crippen molar-refractivity contribution in [3.05, 3.63) is 65.2 Å². The lowest BCUT2D eigenvalue weighted by Gasteiger charge is -2.18. The summed E-state index contributed by atoms with van der Waals surface area (Å²) < 4.78 is 11.4. The molecule has 0 amide bonds. The molecule has 0 saturated carbocycles. The van der Waals surface area contributed by atoms with E-state index in [1.165, 1.54) is 5.56 Å². The second-order valence-electron chi connectivity index (χ2n) is 5.58. The summed E-state index contributed by atoms with van der Waals surface area (Å²) in [4.78, 5) is 0.829. The molecule has 0 aliphatic heterocycles. The van der Waals surface area contributed by atoms with Crippen molar-refractivity contribution >= 4 is 10.8 Å². The summed E-state index contributed by atoms with van der Waals surface area (Å²) in [5.74, 6) is 0. The van der Waals surface area contributed by atoms with Crippen LogP contribution in [0.2, 0.25) is 0 Å². The maximum Gasteiger partial charge on any atom is 0.0914 e. The van der Waals surface area contributed by atoms with Crippen molar-refractivity contribution in [3.63, 3.8) is 0 Å². The third kappa shape index (κ3) is 4.50. The number of rotatable bonds is 6. The van der Waals surface area contributed by atoms with Gasteiger partial charge in [0.1, 0.15) is 0 Å². The lowest BCUT2D eigenvalue weighted by Crippen LogP contribution is -2.24. The van der Waals surface area contributed by atoms with Gasteiger partial charge in [-0.15, -0.1) is 0 Å². The molecular formula is C18H23NO2S. The second-order valence-corrected chi connectivity index (χ2v) is 6.96. The van der Waals surface area contributed by atoms with Crippen molar-refractivity contribution in [3.8, 4) is 0 Å². The molecule has 0 radical (unpaired) electrons. The molecule has 3 unspecified atom stereocenters. The highest BCUT2D eigenvalue weighted by molar-refractivity contribution is 7.84. The van der Waals surface area contributed by atoms with Gasteiger partial charge >= 0.3 is 0 Å². The Balaban J connectivity index is 1.92. The summed E-state index contributed by atoms with van der Waals surface area (Å²) in [7, 11) is -0.949. The monoisotopic (exact) mass is 317 g/mol. The van der Waals surface area contributed by atoms with Crippen LogP contribution in [0, 0.1) is 6.92 Å². The fourth-order valence-electron chi connectivity index (χ4n) is 2.26. The standard InChI is InChI=1S/C18H23NO2S/c1-13-4-6-16(7-5-13)18(20)12-19-14(2)15-8-10-17(11-9-15)22(3)21/h4-11,14,18-20H,12H2,1-3H3. The molecule has 22 heavy (non-hydrogen) atoms. The Kier molecular flexibility index (Phi) is 5.89. The Bertz CT molecular complexity index is 623. The van der Waals surface area contributed by atoms with Gasteiger partial charge in [-0.25, -0.2) is 0 Å². The molecular weight excluding hydrogens is 294 g/mol. The zero-order valence-electron chi connectivity index (χ0n) is 13.2. The van der Waals surface area contributed by atoms with Gasteiger partial charge in [0.05, 0.1) is 6.10 Å². The molecule has 118 valence electrons. The molecule has 3 nitrogen and oxygen atoms in total. The Morgan fingerprint density at radius 2 is 1.59 bits per heavy atom. The van der Waals surface area contributed by atoms with Crippen LogP contribution < -0.4 is 5.32 Å². The van der Waals surface area contributed by atoms with Crippen LogP contribution in [0.3, 0.4) is 0 Å². The third-order valence-electron chi connectivity index (χ3n) is 3.79. The molecule has 0 aliphatic rings. The highest BCUT2D eigenvalue weighted by Gasteiger charge is 2.11. The number of aliphatic hydroxyl groups excluding tert-OH is 1. The van der Waals surface area contributed by atoms with Gasteiger partial charge in [-0.05, 0) is 37.1 Å². The van der Waals surface area contributed by atoms with Gasteiger partial charge in [0.25, 0.3) is 0 Å². The van der Waals surface area contributed by atoms with E-state index in [0.29, 0.717) is 6.54 Å². The summed E-state index contributed by atoms with van der Waals surface area (Å²) >= 11 is 0. The molecule has 0 aromatic heterocycles. The summed E-state index contributed by atoms with van der Waals surface area (Å²) in [5.41, 5.74) is 3.22. The molecule has 2 aromatic carbocycles. The normalized spacial score (nSPS) is 15.3. The molecule has 0 spiro atoms. The first kappa shape index (κ1) is 16.9. The highest BCUT2D eigenvalue weighted by atomic mass is 32.2. The van der Waals surface area contributed by atoms with Gasteiger partial charge in [0, 0.05) is 34.5 Å². The second kappa shape index (κ2) is 7.68. The van der Waals surface area contributed by atoms with Gasteiger partial charge in [-0.1, -0.05) is 42.0 Å². The van der Waals surface area contributed by atoms with Crippen molar-refractivity contribution in [2.75, 3.05) is 12.8 Å². The summed E-state index contributed by atoms with van der Waals surface area (Å²) in [6, 6.07) is 15.8. The Morgan fingerprint density at radius 3 is 2.14 bits per heavy atom. The van der Waals surface area contributed by atoms with Gasteiger partial charge < -0.3 is 10.4 Å². The quantitative estimate of drug-likeness (QED) is 0.860. The van der Waals surface area contributed by atoms with Crippen molar-refractivity contribution in [1.29, 1.82) is 0 Å². The van der Waals surface area contributed by atoms with Crippen LogP contribution in [0.5, 0.6) is 0 Å². The van der Waals surface area contributed by atoms with E-state index < -0.39 is 16.9 Å². The Labute approximate surface area is 134 Å². The molecule has 0 fully saturated rings. The molecule has 0 bridgehead atoms. The van der Waals surface area contributed by atoms with E-state index in [9.17, 15) is 9.32 Å². The van der Waals surface area contributed by atoms with Crippen LogP contribution in [-0.4, -0.2) is 22.1 Å². The number of hydrogen-bond acceptors (Lipinski definition) is 3. The minimum Gasteiger partial charge on any atom is -0.387 e. The van der Waals surface area contributed by atoms with E-state index >= 15 is 0 Å². The minimum absolute atomic E-state index is 0.124. The lowest BCUT2D eigenvalue weighted by atomic mass is 10.1.